The summed E-state index contributed by atoms with van der Waals surface area (Å²) in [6, 6.07) is 16.7. The van der Waals surface area contributed by atoms with Crippen molar-refractivity contribution in [3.05, 3.63) is 76.3 Å². The van der Waals surface area contributed by atoms with E-state index in [1.54, 1.807) is 53.4 Å². The number of aryl methyl sites for hydroxylation is 2. The lowest BCUT2D eigenvalue weighted by Crippen LogP contribution is -2.38. The van der Waals surface area contributed by atoms with Crippen LogP contribution in [0.25, 0.3) is 0 Å². The Balaban J connectivity index is 1.60. The number of nitrogens with one attached hydrogen (secondary N) is 1. The second kappa shape index (κ2) is 10.9. The minimum absolute atomic E-state index is 0.0176. The number of nitrogens with zero attached hydrogens (tertiary/aromatic N) is 2. The van der Waals surface area contributed by atoms with Crippen LogP contribution >= 0.6 is 15.9 Å². The van der Waals surface area contributed by atoms with Crippen molar-refractivity contribution < 1.29 is 22.7 Å². The molecule has 0 saturated carbocycles. The van der Waals surface area contributed by atoms with Crippen molar-refractivity contribution in [2.24, 2.45) is 0 Å². The molecule has 1 saturated heterocycles. The number of carbonyl (C=O) groups is 2. The molecule has 0 aliphatic carbocycles. The molecule has 0 aromatic heterocycles. The molecule has 1 aliphatic heterocycles. The Morgan fingerprint density at radius 3 is 2.41 bits per heavy atom. The van der Waals surface area contributed by atoms with E-state index in [0.29, 0.717) is 34.6 Å². The molecule has 1 aliphatic rings. The van der Waals surface area contributed by atoms with Crippen LogP contribution in [0.4, 0.5) is 17.1 Å². The summed E-state index contributed by atoms with van der Waals surface area (Å²) in [4.78, 5) is 27.0. The number of hydrogen-bond donors (Lipinski definition) is 1. The third-order valence-corrected chi connectivity index (χ3v) is 8.55. The summed E-state index contributed by atoms with van der Waals surface area (Å²) < 4.78 is 34.1. The van der Waals surface area contributed by atoms with Crippen LogP contribution in [0.5, 0.6) is 5.75 Å². The fraction of sp³-hybridized carbons (Fsp3) is 0.259. The van der Waals surface area contributed by atoms with E-state index in [2.05, 4.69) is 21.2 Å². The lowest BCUT2D eigenvalue weighted by molar-refractivity contribution is -0.117. The lowest BCUT2D eigenvalue weighted by Gasteiger charge is -2.25. The molecule has 194 valence electrons. The molecule has 3 aromatic carbocycles. The van der Waals surface area contributed by atoms with E-state index >= 15 is 0 Å². The summed E-state index contributed by atoms with van der Waals surface area (Å²) in [5.74, 6) is 0.0816. The van der Waals surface area contributed by atoms with E-state index in [9.17, 15) is 18.0 Å². The summed E-state index contributed by atoms with van der Waals surface area (Å²) in [6.07, 6.45) is 1.36. The van der Waals surface area contributed by atoms with Gasteiger partial charge >= 0.3 is 0 Å². The molecule has 4 rings (SSSR count). The molecule has 10 heteroatoms. The SMILES string of the molecule is COc1ccc(S(=O)(=O)N(CC(=O)Nc2ccc(N3CCCC3=O)c(C)c2)c2ccc(C)cc2)cc1Br. The zero-order chi connectivity index (χ0) is 26.7. The van der Waals surface area contributed by atoms with Gasteiger partial charge in [-0.3, -0.25) is 13.9 Å². The first-order valence-corrected chi connectivity index (χ1v) is 14.0. The molecule has 0 radical (unpaired) electrons. The zero-order valence-electron chi connectivity index (χ0n) is 20.8. The number of ether oxygens (including phenoxy) is 1. The normalized spacial score (nSPS) is 13.5. The Morgan fingerprint density at radius 1 is 1.08 bits per heavy atom. The molecule has 0 bridgehead atoms. The summed E-state index contributed by atoms with van der Waals surface area (Å²) in [6.45, 7) is 4.02. The van der Waals surface area contributed by atoms with Crippen molar-refractivity contribution in [3.63, 3.8) is 0 Å². The fourth-order valence-corrected chi connectivity index (χ4v) is 6.37. The summed E-state index contributed by atoms with van der Waals surface area (Å²) in [5, 5.41) is 2.80. The number of amides is 2. The molecule has 2 amide bonds. The predicted molar refractivity (Wildman–Crippen MR) is 148 cm³/mol. The molecule has 1 fully saturated rings. The molecule has 8 nitrogen and oxygen atoms in total. The maximum atomic E-state index is 13.7. The van der Waals surface area contributed by atoms with Gasteiger partial charge in [-0.1, -0.05) is 17.7 Å². The van der Waals surface area contributed by atoms with Crippen LogP contribution in [0.15, 0.2) is 70.0 Å². The number of methoxy groups -OCH3 is 1. The van der Waals surface area contributed by atoms with E-state index in [-0.39, 0.29) is 10.8 Å². The largest absolute Gasteiger partial charge is 0.496 e. The number of sulfonamides is 1. The summed E-state index contributed by atoms with van der Waals surface area (Å²) in [7, 11) is -2.60. The number of hydrogen-bond acceptors (Lipinski definition) is 5. The lowest BCUT2D eigenvalue weighted by atomic mass is 10.1. The molecule has 0 unspecified atom stereocenters. The Kier molecular flexibility index (Phi) is 7.89. The Hall–Kier alpha value is -3.37. The Bertz CT molecular complexity index is 1440. The predicted octanol–water partition coefficient (Wildman–Crippen LogP) is 5.04. The molecule has 1 heterocycles. The van der Waals surface area contributed by atoms with Crippen molar-refractivity contribution in [2.45, 2.75) is 31.6 Å². The molecule has 0 spiro atoms. The maximum absolute atomic E-state index is 13.7. The quantitative estimate of drug-likeness (QED) is 0.399. The summed E-state index contributed by atoms with van der Waals surface area (Å²) in [5.41, 5.74) is 3.51. The van der Waals surface area contributed by atoms with Gasteiger partial charge in [0, 0.05) is 24.3 Å². The van der Waals surface area contributed by atoms with Crippen molar-refractivity contribution in [3.8, 4) is 5.75 Å². The number of carbonyl (C=O) groups excluding carboxylic acids is 2. The van der Waals surface area contributed by atoms with Crippen LogP contribution in [0, 0.1) is 13.8 Å². The standard InChI is InChI=1S/C27H28BrN3O5S/c1-18-6-9-21(10-7-18)31(37(34,35)22-11-13-25(36-3)23(28)16-22)17-26(32)29-20-8-12-24(19(2)15-20)30-14-4-5-27(30)33/h6-13,15-16H,4-5,14,17H2,1-3H3,(H,29,32). The van der Waals surface area contributed by atoms with Gasteiger partial charge in [0.05, 0.1) is 22.2 Å². The molecule has 37 heavy (non-hydrogen) atoms. The van der Waals surface area contributed by atoms with Gasteiger partial charge in [-0.05, 0) is 90.3 Å². The van der Waals surface area contributed by atoms with Crippen LogP contribution in [0.3, 0.4) is 0 Å². The van der Waals surface area contributed by atoms with E-state index in [1.807, 2.05) is 13.8 Å². The number of anilines is 3. The van der Waals surface area contributed by atoms with E-state index in [0.717, 1.165) is 27.5 Å². The highest BCUT2D eigenvalue weighted by Gasteiger charge is 2.28. The Morgan fingerprint density at radius 2 is 1.81 bits per heavy atom. The first-order valence-electron chi connectivity index (χ1n) is 11.7. The van der Waals surface area contributed by atoms with Gasteiger partial charge in [-0.25, -0.2) is 8.42 Å². The topological polar surface area (TPSA) is 96.0 Å². The molecule has 3 aromatic rings. The van der Waals surface area contributed by atoms with Crippen LogP contribution in [0.1, 0.15) is 24.0 Å². The fourth-order valence-electron chi connectivity index (χ4n) is 4.23. The minimum Gasteiger partial charge on any atom is -0.496 e. The highest BCUT2D eigenvalue weighted by molar-refractivity contribution is 9.10. The van der Waals surface area contributed by atoms with Crippen molar-refractivity contribution in [2.75, 3.05) is 34.7 Å². The highest BCUT2D eigenvalue weighted by Crippen LogP contribution is 2.31. The third-order valence-electron chi connectivity index (χ3n) is 6.17. The van der Waals surface area contributed by atoms with Gasteiger partial charge in [-0.2, -0.15) is 0 Å². The van der Waals surface area contributed by atoms with Crippen molar-refractivity contribution in [1.82, 2.24) is 0 Å². The second-order valence-corrected chi connectivity index (χ2v) is 11.6. The Labute approximate surface area is 225 Å². The van der Waals surface area contributed by atoms with Gasteiger partial charge in [0.25, 0.3) is 10.0 Å². The van der Waals surface area contributed by atoms with Gasteiger partial charge < -0.3 is 15.0 Å². The van der Waals surface area contributed by atoms with Crippen molar-refractivity contribution >= 4 is 54.8 Å². The van der Waals surface area contributed by atoms with Gasteiger partial charge in [0.2, 0.25) is 11.8 Å². The number of benzene rings is 3. The maximum Gasteiger partial charge on any atom is 0.264 e. The summed E-state index contributed by atoms with van der Waals surface area (Å²) >= 11 is 3.34. The average molecular weight is 587 g/mol. The molecule has 0 atom stereocenters. The van der Waals surface area contributed by atoms with Crippen LogP contribution in [0.2, 0.25) is 0 Å². The molecular formula is C27H28BrN3O5S. The monoisotopic (exact) mass is 585 g/mol. The van der Waals surface area contributed by atoms with Crippen molar-refractivity contribution in [1.29, 1.82) is 0 Å². The first kappa shape index (κ1) is 26.7. The third kappa shape index (κ3) is 5.80. The molecule has 1 N–H and O–H groups in total. The smallest absolute Gasteiger partial charge is 0.264 e. The number of halogens is 1. The first-order chi connectivity index (χ1) is 17.6. The minimum atomic E-state index is -4.09. The van der Waals surface area contributed by atoms with E-state index < -0.39 is 22.5 Å². The van der Waals surface area contributed by atoms with E-state index in [4.69, 9.17) is 4.74 Å². The van der Waals surface area contributed by atoms with Gasteiger partial charge in [0.1, 0.15) is 12.3 Å². The highest BCUT2D eigenvalue weighted by atomic mass is 79.9. The van der Waals surface area contributed by atoms with Crippen LogP contribution in [-0.2, 0) is 19.6 Å². The molecular weight excluding hydrogens is 558 g/mol. The zero-order valence-corrected chi connectivity index (χ0v) is 23.2. The van der Waals surface area contributed by atoms with Gasteiger partial charge in [-0.15, -0.1) is 0 Å². The number of rotatable bonds is 8. The average Bonchev–Trinajstić information content (AvgIpc) is 3.28. The van der Waals surface area contributed by atoms with Gasteiger partial charge in [0.15, 0.2) is 0 Å². The van der Waals surface area contributed by atoms with E-state index in [1.165, 1.54) is 19.2 Å². The van der Waals surface area contributed by atoms with Crippen LogP contribution in [-0.4, -0.2) is 40.4 Å². The van der Waals surface area contributed by atoms with Crippen LogP contribution < -0.4 is 19.3 Å². The second-order valence-electron chi connectivity index (χ2n) is 8.84.